The SMILES string of the molecule is COC(=O)CC1c2cc(OC)c(OC)cc2CCN1S(=O)(=O)c1ccc(C)c(C)c1. The van der Waals surface area contributed by atoms with Crippen LogP contribution in [0.1, 0.15) is 34.7 Å². The molecule has 0 aromatic heterocycles. The number of hydrogen-bond donors (Lipinski definition) is 0. The van der Waals surface area contributed by atoms with Gasteiger partial charge in [-0.25, -0.2) is 8.42 Å². The Labute approximate surface area is 177 Å². The minimum atomic E-state index is -3.83. The number of carbonyl (C=O) groups excluding carboxylic acids is 1. The van der Waals surface area contributed by atoms with E-state index in [1.807, 2.05) is 19.9 Å². The van der Waals surface area contributed by atoms with Crippen molar-refractivity contribution in [2.45, 2.75) is 37.6 Å². The van der Waals surface area contributed by atoms with E-state index in [1.165, 1.54) is 18.5 Å². The number of hydrogen-bond acceptors (Lipinski definition) is 6. The van der Waals surface area contributed by atoms with Crippen LogP contribution in [-0.2, 0) is 26.0 Å². The van der Waals surface area contributed by atoms with E-state index >= 15 is 0 Å². The molecule has 7 nitrogen and oxygen atoms in total. The molecule has 1 aliphatic heterocycles. The molecule has 0 amide bonds. The van der Waals surface area contributed by atoms with Crippen LogP contribution in [0.2, 0.25) is 0 Å². The van der Waals surface area contributed by atoms with Gasteiger partial charge in [0.2, 0.25) is 10.0 Å². The van der Waals surface area contributed by atoms with E-state index in [0.29, 0.717) is 17.9 Å². The molecule has 0 saturated heterocycles. The molecule has 2 aromatic rings. The minimum absolute atomic E-state index is 0.0942. The van der Waals surface area contributed by atoms with Gasteiger partial charge in [0.15, 0.2) is 11.5 Å². The number of benzene rings is 2. The molecule has 0 radical (unpaired) electrons. The van der Waals surface area contributed by atoms with Crippen LogP contribution in [0.15, 0.2) is 35.2 Å². The fourth-order valence-corrected chi connectivity index (χ4v) is 5.45. The van der Waals surface area contributed by atoms with E-state index in [0.717, 1.165) is 22.3 Å². The van der Waals surface area contributed by atoms with Crippen molar-refractivity contribution in [2.24, 2.45) is 0 Å². The molecule has 1 atom stereocenters. The highest BCUT2D eigenvalue weighted by molar-refractivity contribution is 7.89. The van der Waals surface area contributed by atoms with Gasteiger partial charge in [-0.2, -0.15) is 4.31 Å². The Morgan fingerprint density at radius 3 is 2.30 bits per heavy atom. The summed E-state index contributed by atoms with van der Waals surface area (Å²) >= 11 is 0. The van der Waals surface area contributed by atoms with Crippen molar-refractivity contribution in [3.05, 3.63) is 52.6 Å². The van der Waals surface area contributed by atoms with Crippen LogP contribution in [0, 0.1) is 13.8 Å². The topological polar surface area (TPSA) is 82.1 Å². The van der Waals surface area contributed by atoms with Crippen LogP contribution in [0.4, 0.5) is 0 Å². The predicted molar refractivity (Wildman–Crippen MR) is 112 cm³/mol. The smallest absolute Gasteiger partial charge is 0.307 e. The number of aryl methyl sites for hydroxylation is 2. The molecule has 1 aliphatic rings. The predicted octanol–water partition coefficient (Wildman–Crippen LogP) is 3.17. The van der Waals surface area contributed by atoms with Crippen molar-refractivity contribution in [2.75, 3.05) is 27.9 Å². The fraction of sp³-hybridized carbons (Fsp3) is 0.409. The van der Waals surface area contributed by atoms with Gasteiger partial charge in [0.1, 0.15) is 0 Å². The van der Waals surface area contributed by atoms with Gasteiger partial charge in [-0.3, -0.25) is 4.79 Å². The van der Waals surface area contributed by atoms with E-state index < -0.39 is 22.0 Å². The normalized spacial score (nSPS) is 16.6. The molecule has 1 heterocycles. The summed E-state index contributed by atoms with van der Waals surface area (Å²) in [7, 11) is 0.537. The zero-order valence-electron chi connectivity index (χ0n) is 17.9. The summed E-state index contributed by atoms with van der Waals surface area (Å²) in [4.78, 5) is 12.4. The summed E-state index contributed by atoms with van der Waals surface area (Å²) in [6.45, 7) is 4.06. The summed E-state index contributed by atoms with van der Waals surface area (Å²) < 4.78 is 44.1. The fourth-order valence-electron chi connectivity index (χ4n) is 3.76. The summed E-state index contributed by atoms with van der Waals surface area (Å²) in [5, 5.41) is 0. The molecule has 8 heteroatoms. The Hall–Kier alpha value is -2.58. The van der Waals surface area contributed by atoms with Crippen molar-refractivity contribution < 1.29 is 27.4 Å². The van der Waals surface area contributed by atoms with Gasteiger partial charge < -0.3 is 14.2 Å². The first-order valence-corrected chi connectivity index (χ1v) is 11.1. The zero-order valence-corrected chi connectivity index (χ0v) is 18.7. The Kier molecular flexibility index (Phi) is 6.38. The van der Waals surface area contributed by atoms with Crippen LogP contribution in [-0.4, -0.2) is 46.6 Å². The lowest BCUT2D eigenvalue weighted by molar-refractivity contribution is -0.141. The first-order valence-electron chi connectivity index (χ1n) is 9.63. The number of esters is 1. The summed E-state index contributed by atoms with van der Waals surface area (Å²) in [5.41, 5.74) is 3.55. The minimum Gasteiger partial charge on any atom is -0.493 e. The summed E-state index contributed by atoms with van der Waals surface area (Å²) in [5.74, 6) is 0.568. The molecule has 0 N–H and O–H groups in total. The second kappa shape index (κ2) is 8.65. The van der Waals surface area contributed by atoms with Gasteiger partial charge in [0, 0.05) is 6.54 Å². The van der Waals surface area contributed by atoms with Crippen molar-refractivity contribution in [1.82, 2.24) is 4.31 Å². The van der Waals surface area contributed by atoms with Crippen LogP contribution >= 0.6 is 0 Å². The molecular formula is C22H27NO6S. The third-order valence-electron chi connectivity index (χ3n) is 5.63. The molecule has 0 spiro atoms. The van der Waals surface area contributed by atoms with Gasteiger partial charge in [-0.1, -0.05) is 6.07 Å². The zero-order chi connectivity index (χ0) is 22.1. The van der Waals surface area contributed by atoms with Gasteiger partial charge in [-0.05, 0) is 66.8 Å². The maximum Gasteiger partial charge on any atom is 0.307 e. The molecule has 0 saturated carbocycles. The van der Waals surface area contributed by atoms with Crippen molar-refractivity contribution >= 4 is 16.0 Å². The number of methoxy groups -OCH3 is 3. The molecule has 0 bridgehead atoms. The second-order valence-electron chi connectivity index (χ2n) is 7.31. The largest absolute Gasteiger partial charge is 0.493 e. The van der Waals surface area contributed by atoms with Crippen molar-refractivity contribution in [3.63, 3.8) is 0 Å². The average molecular weight is 434 g/mol. The number of fused-ring (bicyclic) bond motifs is 1. The molecule has 2 aromatic carbocycles. The van der Waals surface area contributed by atoms with E-state index in [-0.39, 0.29) is 17.9 Å². The van der Waals surface area contributed by atoms with Crippen molar-refractivity contribution in [3.8, 4) is 11.5 Å². The number of carbonyl (C=O) groups is 1. The maximum absolute atomic E-state index is 13.5. The Bertz CT molecular complexity index is 1060. The molecule has 0 aliphatic carbocycles. The highest BCUT2D eigenvalue weighted by Gasteiger charge is 2.38. The lowest BCUT2D eigenvalue weighted by atomic mass is 9.91. The summed E-state index contributed by atoms with van der Waals surface area (Å²) in [6.07, 6.45) is 0.403. The third-order valence-corrected chi connectivity index (χ3v) is 7.53. The molecule has 1 unspecified atom stereocenters. The first-order chi connectivity index (χ1) is 14.2. The van der Waals surface area contributed by atoms with Gasteiger partial charge in [0.25, 0.3) is 0 Å². The molecule has 162 valence electrons. The van der Waals surface area contributed by atoms with Gasteiger partial charge in [0.05, 0.1) is 38.7 Å². The molecule has 0 fully saturated rings. The van der Waals surface area contributed by atoms with Gasteiger partial charge >= 0.3 is 5.97 Å². The highest BCUT2D eigenvalue weighted by Crippen LogP contribution is 2.41. The lowest BCUT2D eigenvalue weighted by Crippen LogP contribution is -2.41. The lowest BCUT2D eigenvalue weighted by Gasteiger charge is -2.36. The quantitative estimate of drug-likeness (QED) is 0.651. The average Bonchev–Trinajstić information content (AvgIpc) is 2.74. The number of ether oxygens (including phenoxy) is 3. The second-order valence-corrected chi connectivity index (χ2v) is 9.20. The standard InChI is InChI=1S/C22H27NO6S/c1-14-6-7-17(10-15(14)2)30(25,26)23-9-8-16-11-20(27-3)21(28-4)12-18(16)19(23)13-22(24)29-5/h6-7,10-12,19H,8-9,13H2,1-5H3. The van der Waals surface area contributed by atoms with E-state index in [2.05, 4.69) is 0 Å². The number of nitrogens with zero attached hydrogens (tertiary/aromatic N) is 1. The number of sulfonamides is 1. The van der Waals surface area contributed by atoms with E-state index in [1.54, 1.807) is 31.4 Å². The van der Waals surface area contributed by atoms with Crippen molar-refractivity contribution in [1.29, 1.82) is 0 Å². The Morgan fingerprint density at radius 1 is 1.03 bits per heavy atom. The Balaban J connectivity index is 2.12. The maximum atomic E-state index is 13.5. The van der Waals surface area contributed by atoms with Crippen LogP contribution in [0.25, 0.3) is 0 Å². The number of rotatable bonds is 6. The highest BCUT2D eigenvalue weighted by atomic mass is 32.2. The van der Waals surface area contributed by atoms with Crippen LogP contribution in [0.3, 0.4) is 0 Å². The monoisotopic (exact) mass is 433 g/mol. The van der Waals surface area contributed by atoms with Gasteiger partial charge in [-0.15, -0.1) is 0 Å². The van der Waals surface area contributed by atoms with E-state index in [9.17, 15) is 13.2 Å². The van der Waals surface area contributed by atoms with E-state index in [4.69, 9.17) is 14.2 Å². The third kappa shape index (κ3) is 4.02. The molecule has 30 heavy (non-hydrogen) atoms. The molecule has 3 rings (SSSR count). The van der Waals surface area contributed by atoms with Crippen LogP contribution in [0.5, 0.6) is 11.5 Å². The Morgan fingerprint density at radius 2 is 1.70 bits per heavy atom. The molecular weight excluding hydrogens is 406 g/mol. The first kappa shape index (κ1) is 22.1. The summed E-state index contributed by atoms with van der Waals surface area (Å²) in [6, 6.07) is 7.97. The van der Waals surface area contributed by atoms with Crippen LogP contribution < -0.4 is 9.47 Å².